The second kappa shape index (κ2) is 9.96. The van der Waals surface area contributed by atoms with Gasteiger partial charge in [-0.2, -0.15) is 0 Å². The van der Waals surface area contributed by atoms with Crippen molar-refractivity contribution in [2.24, 2.45) is 0 Å². The van der Waals surface area contributed by atoms with E-state index in [9.17, 15) is 0 Å². The number of hydrogen-bond donors (Lipinski definition) is 3. The van der Waals surface area contributed by atoms with Crippen LogP contribution < -0.4 is 4.90 Å². The molecule has 0 heterocycles. The minimum atomic E-state index is 0.225. The van der Waals surface area contributed by atoms with Crippen molar-refractivity contribution in [3.05, 3.63) is 0 Å². The Hall–Kier alpha value is -0.120. The molecule has 3 heteroatoms. The topological polar surface area (TPSA) is 44.9 Å². The molecule has 0 bridgehead atoms. The maximum atomic E-state index is 8.76. The molecule has 0 amide bonds. The van der Waals surface area contributed by atoms with Gasteiger partial charge in [0.1, 0.15) is 13.1 Å². The lowest BCUT2D eigenvalue weighted by molar-refractivity contribution is -0.901. The van der Waals surface area contributed by atoms with Gasteiger partial charge in [-0.05, 0) is 12.8 Å². The monoisotopic (exact) mass is 190 g/mol. The molecule has 0 aliphatic rings. The summed E-state index contributed by atoms with van der Waals surface area (Å²) >= 11 is 0. The minimum absolute atomic E-state index is 0.225. The maximum Gasteiger partial charge on any atom is 0.101 e. The highest BCUT2D eigenvalue weighted by Gasteiger charge is 2.05. The van der Waals surface area contributed by atoms with Crippen molar-refractivity contribution >= 4 is 0 Å². The first-order chi connectivity index (χ1) is 6.35. The first-order valence-electron chi connectivity index (χ1n) is 5.40. The Morgan fingerprint density at radius 2 is 1.46 bits per heavy atom. The molecule has 0 radical (unpaired) electrons. The van der Waals surface area contributed by atoms with Crippen LogP contribution in [0.2, 0.25) is 0 Å². The fraction of sp³-hybridized carbons (Fsp3) is 1.00. The van der Waals surface area contributed by atoms with Gasteiger partial charge in [0.2, 0.25) is 0 Å². The van der Waals surface area contributed by atoms with Crippen LogP contribution in [0.3, 0.4) is 0 Å². The number of quaternary nitrogens is 1. The van der Waals surface area contributed by atoms with E-state index in [2.05, 4.69) is 6.92 Å². The van der Waals surface area contributed by atoms with Gasteiger partial charge in [-0.25, -0.2) is 0 Å². The first kappa shape index (κ1) is 12.9. The highest BCUT2D eigenvalue weighted by molar-refractivity contribution is 4.39. The normalized spacial score (nSPS) is 11.1. The van der Waals surface area contributed by atoms with Crippen molar-refractivity contribution in [1.29, 1.82) is 0 Å². The van der Waals surface area contributed by atoms with Crippen LogP contribution in [-0.4, -0.2) is 43.1 Å². The molecule has 0 spiro atoms. The first-order valence-corrected chi connectivity index (χ1v) is 5.40. The van der Waals surface area contributed by atoms with Gasteiger partial charge in [0.15, 0.2) is 0 Å². The van der Waals surface area contributed by atoms with Crippen molar-refractivity contribution in [3.8, 4) is 0 Å². The molecule has 0 aromatic carbocycles. The van der Waals surface area contributed by atoms with Crippen LogP contribution in [0.15, 0.2) is 0 Å². The molecule has 3 nitrogen and oxygen atoms in total. The average Bonchev–Trinajstić information content (AvgIpc) is 2.13. The highest BCUT2D eigenvalue weighted by atomic mass is 16.3. The Balaban J connectivity index is 3.33. The van der Waals surface area contributed by atoms with E-state index in [4.69, 9.17) is 10.2 Å². The molecule has 0 aliphatic heterocycles. The van der Waals surface area contributed by atoms with Gasteiger partial charge in [0.25, 0.3) is 0 Å². The fourth-order valence-corrected chi connectivity index (χ4v) is 1.49. The lowest BCUT2D eigenvalue weighted by atomic mass is 10.2. The number of nitrogens with one attached hydrogen (secondary N) is 1. The molecule has 0 rings (SSSR count). The Labute approximate surface area is 81.4 Å². The summed E-state index contributed by atoms with van der Waals surface area (Å²) in [7, 11) is 0. The quantitative estimate of drug-likeness (QED) is 0.427. The standard InChI is InChI=1S/C10H23NO2/c1-2-3-4-5-6-11(7-9-12)8-10-13/h12-13H,2-10H2,1H3/p+1. The summed E-state index contributed by atoms with van der Waals surface area (Å²) in [5.41, 5.74) is 0. The predicted molar refractivity (Wildman–Crippen MR) is 53.9 cm³/mol. The summed E-state index contributed by atoms with van der Waals surface area (Å²) in [6.45, 7) is 5.28. The van der Waals surface area contributed by atoms with E-state index in [1.165, 1.54) is 30.6 Å². The van der Waals surface area contributed by atoms with Gasteiger partial charge in [-0.3, -0.25) is 0 Å². The molecule has 13 heavy (non-hydrogen) atoms. The number of hydrogen-bond acceptors (Lipinski definition) is 2. The summed E-state index contributed by atoms with van der Waals surface area (Å²) in [4.78, 5) is 1.32. The Morgan fingerprint density at radius 1 is 0.846 bits per heavy atom. The summed E-state index contributed by atoms with van der Waals surface area (Å²) in [6.07, 6.45) is 5.04. The van der Waals surface area contributed by atoms with Gasteiger partial charge in [0.05, 0.1) is 19.8 Å². The van der Waals surface area contributed by atoms with Gasteiger partial charge >= 0.3 is 0 Å². The molecular formula is C10H24NO2+. The molecule has 0 saturated heterocycles. The average molecular weight is 190 g/mol. The third-order valence-electron chi connectivity index (χ3n) is 2.31. The highest BCUT2D eigenvalue weighted by Crippen LogP contribution is 1.95. The van der Waals surface area contributed by atoms with Gasteiger partial charge in [-0.1, -0.05) is 19.8 Å². The van der Waals surface area contributed by atoms with E-state index in [0.717, 1.165) is 19.6 Å². The van der Waals surface area contributed by atoms with Crippen LogP contribution in [0.25, 0.3) is 0 Å². The lowest BCUT2D eigenvalue weighted by Crippen LogP contribution is -3.13. The molecular weight excluding hydrogens is 166 g/mol. The second-order valence-electron chi connectivity index (χ2n) is 3.51. The van der Waals surface area contributed by atoms with Gasteiger partial charge in [-0.15, -0.1) is 0 Å². The van der Waals surface area contributed by atoms with E-state index >= 15 is 0 Å². The molecule has 3 N–H and O–H groups in total. The van der Waals surface area contributed by atoms with Crippen molar-refractivity contribution in [1.82, 2.24) is 0 Å². The zero-order valence-electron chi connectivity index (χ0n) is 8.76. The number of aliphatic hydroxyl groups excluding tert-OH is 2. The molecule has 0 aliphatic carbocycles. The Bertz CT molecular complexity index is 92.9. The molecule has 0 unspecified atom stereocenters. The maximum absolute atomic E-state index is 8.76. The zero-order valence-corrected chi connectivity index (χ0v) is 8.76. The Kier molecular flexibility index (Phi) is 9.87. The largest absolute Gasteiger partial charge is 0.391 e. The van der Waals surface area contributed by atoms with E-state index in [1.807, 2.05) is 0 Å². The van der Waals surface area contributed by atoms with Crippen molar-refractivity contribution < 1.29 is 15.1 Å². The molecule has 0 aromatic rings. The summed E-state index contributed by atoms with van der Waals surface area (Å²) in [5, 5.41) is 17.5. The number of aliphatic hydroxyl groups is 2. The fourth-order valence-electron chi connectivity index (χ4n) is 1.49. The zero-order chi connectivity index (χ0) is 9.94. The number of rotatable bonds is 9. The van der Waals surface area contributed by atoms with E-state index < -0.39 is 0 Å². The van der Waals surface area contributed by atoms with Crippen LogP contribution in [0.1, 0.15) is 32.6 Å². The van der Waals surface area contributed by atoms with Crippen molar-refractivity contribution in [3.63, 3.8) is 0 Å². The van der Waals surface area contributed by atoms with Crippen LogP contribution >= 0.6 is 0 Å². The summed E-state index contributed by atoms with van der Waals surface area (Å²) in [5.74, 6) is 0. The summed E-state index contributed by atoms with van der Waals surface area (Å²) < 4.78 is 0. The third kappa shape index (κ3) is 8.22. The van der Waals surface area contributed by atoms with E-state index in [0.29, 0.717) is 0 Å². The van der Waals surface area contributed by atoms with Crippen molar-refractivity contribution in [2.45, 2.75) is 32.6 Å². The smallest absolute Gasteiger partial charge is 0.101 e. The molecule has 0 aromatic heterocycles. The lowest BCUT2D eigenvalue weighted by Gasteiger charge is -2.16. The predicted octanol–water partition coefficient (Wildman–Crippen LogP) is -0.564. The number of unbranched alkanes of at least 4 members (excludes halogenated alkanes) is 3. The SMILES string of the molecule is CCCCCC[NH+](CCO)CCO. The van der Waals surface area contributed by atoms with E-state index in [-0.39, 0.29) is 13.2 Å². The van der Waals surface area contributed by atoms with Gasteiger partial charge < -0.3 is 15.1 Å². The molecule has 80 valence electrons. The minimum Gasteiger partial charge on any atom is -0.391 e. The van der Waals surface area contributed by atoms with Crippen LogP contribution in [0.5, 0.6) is 0 Å². The molecule has 0 saturated carbocycles. The van der Waals surface area contributed by atoms with E-state index in [1.54, 1.807) is 0 Å². The van der Waals surface area contributed by atoms with Crippen molar-refractivity contribution in [2.75, 3.05) is 32.8 Å². The second-order valence-corrected chi connectivity index (χ2v) is 3.51. The van der Waals surface area contributed by atoms with Crippen LogP contribution in [0.4, 0.5) is 0 Å². The van der Waals surface area contributed by atoms with Crippen LogP contribution in [0, 0.1) is 0 Å². The van der Waals surface area contributed by atoms with Crippen LogP contribution in [-0.2, 0) is 0 Å². The molecule has 0 fully saturated rings. The molecule has 0 atom stereocenters. The Morgan fingerprint density at radius 3 is 1.92 bits per heavy atom. The van der Waals surface area contributed by atoms with Gasteiger partial charge in [0, 0.05) is 0 Å². The third-order valence-corrected chi connectivity index (χ3v) is 2.31. The summed E-state index contributed by atoms with van der Waals surface area (Å²) in [6, 6.07) is 0.